The van der Waals surface area contributed by atoms with Crippen molar-refractivity contribution >= 4 is 18.3 Å². The van der Waals surface area contributed by atoms with Gasteiger partial charge in [0.2, 0.25) is 5.91 Å². The van der Waals surface area contributed by atoms with Crippen LogP contribution in [0.1, 0.15) is 38.7 Å². The van der Waals surface area contributed by atoms with Crippen molar-refractivity contribution in [3.63, 3.8) is 0 Å². The number of nitrogens with one attached hydrogen (secondary N) is 1. The molecule has 3 aliphatic rings. The Hall–Kier alpha value is -1.46. The highest BCUT2D eigenvalue weighted by atomic mass is 35.5. The number of nitrogens with zero attached hydrogens (tertiary/aromatic N) is 1. The summed E-state index contributed by atoms with van der Waals surface area (Å²) >= 11 is 0. The Labute approximate surface area is 161 Å². The van der Waals surface area contributed by atoms with E-state index in [0.29, 0.717) is 18.6 Å². The zero-order valence-corrected chi connectivity index (χ0v) is 16.5. The van der Waals surface area contributed by atoms with Crippen molar-refractivity contribution in [1.82, 2.24) is 10.2 Å². The second-order valence-corrected chi connectivity index (χ2v) is 8.20. The number of hydrogen-bond donors (Lipinski definition) is 1. The number of ether oxygens (including phenoxy) is 2. The second kappa shape index (κ2) is 7.28. The fourth-order valence-electron chi connectivity index (χ4n) is 4.36. The molecule has 3 aliphatic heterocycles. The third-order valence-corrected chi connectivity index (χ3v) is 6.24. The highest BCUT2D eigenvalue weighted by Gasteiger charge is 2.41. The molecule has 1 spiro atoms. The summed E-state index contributed by atoms with van der Waals surface area (Å²) < 4.78 is 11.3. The molecule has 1 N–H and O–H groups in total. The van der Waals surface area contributed by atoms with Gasteiger partial charge < -0.3 is 19.7 Å². The van der Waals surface area contributed by atoms with Gasteiger partial charge in [0, 0.05) is 19.6 Å². The Morgan fingerprint density at radius 2 is 1.81 bits per heavy atom. The van der Waals surface area contributed by atoms with Gasteiger partial charge in [0.25, 0.3) is 0 Å². The number of likely N-dealkylation sites (tertiary alicyclic amines) is 1. The first kappa shape index (κ1) is 19.3. The van der Waals surface area contributed by atoms with Crippen LogP contribution in [0.15, 0.2) is 18.2 Å². The summed E-state index contributed by atoms with van der Waals surface area (Å²) in [5.41, 5.74) is 0.858. The van der Waals surface area contributed by atoms with Crippen molar-refractivity contribution in [2.45, 2.75) is 38.5 Å². The molecule has 0 aliphatic carbocycles. The first-order valence-electron chi connectivity index (χ1n) is 9.41. The van der Waals surface area contributed by atoms with Crippen LogP contribution in [-0.4, -0.2) is 50.2 Å². The molecule has 3 heterocycles. The predicted octanol–water partition coefficient (Wildman–Crippen LogP) is 2.76. The smallest absolute Gasteiger partial charge is 0.232 e. The fraction of sp³-hybridized carbons (Fsp3) is 0.650. The zero-order valence-electron chi connectivity index (χ0n) is 15.7. The molecule has 0 bridgehead atoms. The van der Waals surface area contributed by atoms with Gasteiger partial charge >= 0.3 is 0 Å². The average Bonchev–Trinajstić information content (AvgIpc) is 3.09. The van der Waals surface area contributed by atoms with Gasteiger partial charge in [-0.2, -0.15) is 0 Å². The topological polar surface area (TPSA) is 50.8 Å². The van der Waals surface area contributed by atoms with Crippen LogP contribution in [0.3, 0.4) is 0 Å². The third-order valence-electron chi connectivity index (χ3n) is 6.24. The molecule has 1 aromatic carbocycles. The van der Waals surface area contributed by atoms with Gasteiger partial charge in [-0.3, -0.25) is 4.79 Å². The van der Waals surface area contributed by atoms with Gasteiger partial charge in [-0.05, 0) is 62.8 Å². The van der Waals surface area contributed by atoms with Gasteiger partial charge in [0.05, 0.1) is 5.41 Å². The lowest BCUT2D eigenvalue weighted by atomic mass is 9.76. The minimum atomic E-state index is -0.561. The van der Waals surface area contributed by atoms with E-state index in [-0.39, 0.29) is 18.3 Å². The molecule has 0 saturated carbocycles. The first-order chi connectivity index (χ1) is 12.0. The largest absolute Gasteiger partial charge is 0.486 e. The van der Waals surface area contributed by atoms with E-state index in [9.17, 15) is 4.79 Å². The van der Waals surface area contributed by atoms with E-state index in [1.54, 1.807) is 0 Å². The molecule has 2 fully saturated rings. The Kier molecular flexibility index (Phi) is 5.40. The Morgan fingerprint density at radius 3 is 2.46 bits per heavy atom. The molecule has 2 saturated heterocycles. The number of rotatable bonds is 2. The fourth-order valence-corrected chi connectivity index (χ4v) is 4.36. The van der Waals surface area contributed by atoms with Gasteiger partial charge in [-0.25, -0.2) is 0 Å². The van der Waals surface area contributed by atoms with Crippen LogP contribution in [0.2, 0.25) is 0 Å². The number of hydrogen-bond acceptors (Lipinski definition) is 4. The summed E-state index contributed by atoms with van der Waals surface area (Å²) in [4.78, 5) is 15.3. The number of carbonyl (C=O) groups excluding carboxylic acids is 1. The molecule has 0 atom stereocenters. The summed E-state index contributed by atoms with van der Waals surface area (Å²) in [6.07, 6.45) is 3.48. The molecule has 0 unspecified atom stereocenters. The molecule has 0 aromatic heterocycles. The number of benzene rings is 1. The number of piperidine rings is 1. The standard InChI is InChI=1S/C20H28N2O3.ClH/c1-19(2,15-3-4-16-17(13-15)25-12-11-24-16)18(23)22-9-6-20(7-10-22)5-8-21-14-20;/h3-4,13,21H,5-12,14H2,1-2H3;1H. The molecular weight excluding hydrogens is 352 g/mol. The van der Waals surface area contributed by atoms with Gasteiger partial charge in [0.15, 0.2) is 11.5 Å². The molecule has 6 heteroatoms. The number of halogens is 1. The van der Waals surface area contributed by atoms with E-state index >= 15 is 0 Å². The maximum absolute atomic E-state index is 13.2. The van der Waals surface area contributed by atoms with E-state index < -0.39 is 5.41 Å². The average molecular weight is 381 g/mol. The maximum atomic E-state index is 13.2. The van der Waals surface area contributed by atoms with Crippen LogP contribution < -0.4 is 14.8 Å². The van der Waals surface area contributed by atoms with Crippen LogP contribution in [-0.2, 0) is 10.2 Å². The second-order valence-electron chi connectivity index (χ2n) is 8.20. The molecule has 4 rings (SSSR count). The summed E-state index contributed by atoms with van der Waals surface area (Å²) in [5.74, 6) is 1.73. The molecule has 1 aromatic rings. The van der Waals surface area contributed by atoms with Gasteiger partial charge in [-0.1, -0.05) is 6.07 Å². The summed E-state index contributed by atoms with van der Waals surface area (Å²) in [6.45, 7) is 9.15. The lowest BCUT2D eigenvalue weighted by molar-refractivity contribution is -0.138. The summed E-state index contributed by atoms with van der Waals surface area (Å²) in [5, 5.41) is 3.48. The summed E-state index contributed by atoms with van der Waals surface area (Å²) in [7, 11) is 0. The minimum Gasteiger partial charge on any atom is -0.486 e. The van der Waals surface area contributed by atoms with Crippen molar-refractivity contribution in [2.24, 2.45) is 5.41 Å². The maximum Gasteiger partial charge on any atom is 0.232 e. The van der Waals surface area contributed by atoms with Gasteiger partial charge in [0.1, 0.15) is 13.2 Å². The van der Waals surface area contributed by atoms with Crippen LogP contribution in [0.4, 0.5) is 0 Å². The molecular formula is C20H29ClN2O3. The molecule has 0 radical (unpaired) electrons. The van der Waals surface area contributed by atoms with E-state index in [1.807, 2.05) is 32.0 Å². The quantitative estimate of drug-likeness (QED) is 0.857. The Balaban J connectivity index is 0.00000196. The first-order valence-corrected chi connectivity index (χ1v) is 9.41. The Bertz CT molecular complexity index is 661. The number of carbonyl (C=O) groups is 1. The lowest BCUT2D eigenvalue weighted by Gasteiger charge is -2.41. The minimum absolute atomic E-state index is 0. The van der Waals surface area contributed by atoms with Crippen molar-refractivity contribution < 1.29 is 14.3 Å². The Morgan fingerprint density at radius 1 is 1.12 bits per heavy atom. The van der Waals surface area contributed by atoms with Crippen LogP contribution >= 0.6 is 12.4 Å². The molecule has 1 amide bonds. The molecule has 26 heavy (non-hydrogen) atoms. The molecule has 144 valence electrons. The SMILES string of the molecule is CC(C)(C(=O)N1CCC2(CCNC2)CC1)c1ccc2c(c1)OCCO2.Cl. The predicted molar refractivity (Wildman–Crippen MR) is 103 cm³/mol. The van der Waals surface area contributed by atoms with Crippen molar-refractivity contribution in [3.8, 4) is 11.5 Å². The van der Waals surface area contributed by atoms with Crippen molar-refractivity contribution in [2.75, 3.05) is 39.4 Å². The van der Waals surface area contributed by atoms with Crippen molar-refractivity contribution in [3.05, 3.63) is 23.8 Å². The van der Waals surface area contributed by atoms with E-state index in [1.165, 1.54) is 6.42 Å². The highest BCUT2D eigenvalue weighted by molar-refractivity contribution is 5.87. The molecule has 5 nitrogen and oxygen atoms in total. The van der Waals surface area contributed by atoms with E-state index in [0.717, 1.165) is 56.1 Å². The van der Waals surface area contributed by atoms with Crippen LogP contribution in [0.5, 0.6) is 11.5 Å². The lowest BCUT2D eigenvalue weighted by Crippen LogP contribution is -2.49. The normalized spacial score (nSPS) is 21.4. The number of fused-ring (bicyclic) bond motifs is 1. The zero-order chi connectivity index (χ0) is 17.5. The van der Waals surface area contributed by atoms with E-state index in [2.05, 4.69) is 10.2 Å². The van der Waals surface area contributed by atoms with E-state index in [4.69, 9.17) is 9.47 Å². The third kappa shape index (κ3) is 3.39. The highest BCUT2D eigenvalue weighted by Crippen LogP contribution is 2.39. The van der Waals surface area contributed by atoms with Crippen LogP contribution in [0.25, 0.3) is 0 Å². The summed E-state index contributed by atoms with van der Waals surface area (Å²) in [6, 6.07) is 5.89. The van der Waals surface area contributed by atoms with Gasteiger partial charge in [-0.15, -0.1) is 12.4 Å². The van der Waals surface area contributed by atoms with Crippen molar-refractivity contribution in [1.29, 1.82) is 0 Å². The van der Waals surface area contributed by atoms with Crippen LogP contribution in [0, 0.1) is 5.41 Å². The monoisotopic (exact) mass is 380 g/mol. The number of amides is 1.